The maximum absolute atomic E-state index is 10.7. The van der Waals surface area contributed by atoms with Gasteiger partial charge in [-0.15, -0.1) is 5.10 Å². The lowest BCUT2D eigenvalue weighted by molar-refractivity contribution is -0.00826. The summed E-state index contributed by atoms with van der Waals surface area (Å²) in [6, 6.07) is 0. The Morgan fingerprint density at radius 1 is 1.50 bits per heavy atom. The van der Waals surface area contributed by atoms with Crippen molar-refractivity contribution in [3.8, 4) is 0 Å². The summed E-state index contributed by atoms with van der Waals surface area (Å²) < 4.78 is 7.06. The molecule has 0 aliphatic heterocycles. The van der Waals surface area contributed by atoms with E-state index in [2.05, 4.69) is 10.3 Å². The zero-order valence-corrected chi connectivity index (χ0v) is 10.0. The topological polar surface area (TPSA) is 77.2 Å². The molecule has 1 rings (SSSR count). The predicted octanol–water partition coefficient (Wildman–Crippen LogP) is 1.10. The summed E-state index contributed by atoms with van der Waals surface area (Å²) in [5.41, 5.74) is 0.338. The largest absolute Gasteiger partial charge is 0.476 e. The fourth-order valence-corrected chi connectivity index (χ4v) is 1.21. The summed E-state index contributed by atoms with van der Waals surface area (Å²) in [6.07, 6.45) is 0. The molecule has 0 radical (unpaired) electrons. The lowest BCUT2D eigenvalue weighted by Gasteiger charge is -2.19. The Balaban J connectivity index is 2.59. The summed E-state index contributed by atoms with van der Waals surface area (Å²) in [7, 11) is 0. The lowest BCUT2D eigenvalue weighted by atomic mass is 10.2. The summed E-state index contributed by atoms with van der Waals surface area (Å²) >= 11 is 0. The fourth-order valence-electron chi connectivity index (χ4n) is 1.21. The first kappa shape index (κ1) is 12.6. The number of rotatable bonds is 4. The summed E-state index contributed by atoms with van der Waals surface area (Å²) in [5.74, 6) is -1.06. The number of nitrogens with zero attached hydrogens (tertiary/aromatic N) is 3. The lowest BCUT2D eigenvalue weighted by Crippen LogP contribution is -2.22. The quantitative estimate of drug-likeness (QED) is 0.833. The van der Waals surface area contributed by atoms with Gasteiger partial charge >= 0.3 is 5.97 Å². The number of carbonyl (C=O) groups is 1. The molecule has 1 aromatic heterocycles. The van der Waals surface area contributed by atoms with Crippen LogP contribution in [0.5, 0.6) is 0 Å². The first-order valence-electron chi connectivity index (χ1n) is 5.08. The molecule has 0 aliphatic rings. The average Bonchev–Trinajstić information content (AvgIpc) is 2.46. The van der Waals surface area contributed by atoms with Gasteiger partial charge in [0.2, 0.25) is 0 Å². The predicted molar refractivity (Wildman–Crippen MR) is 57.4 cm³/mol. The molecule has 0 aromatic carbocycles. The summed E-state index contributed by atoms with van der Waals surface area (Å²) in [4.78, 5) is 10.7. The van der Waals surface area contributed by atoms with Gasteiger partial charge in [-0.2, -0.15) is 0 Å². The van der Waals surface area contributed by atoms with Gasteiger partial charge in [0.15, 0.2) is 5.69 Å². The van der Waals surface area contributed by atoms with Crippen LogP contribution in [0.4, 0.5) is 0 Å². The third-order valence-corrected chi connectivity index (χ3v) is 2.02. The van der Waals surface area contributed by atoms with Gasteiger partial charge in [-0.3, -0.25) is 0 Å². The minimum atomic E-state index is -1.06. The minimum absolute atomic E-state index is 0.00393. The van der Waals surface area contributed by atoms with Crippen LogP contribution in [0.25, 0.3) is 0 Å². The van der Waals surface area contributed by atoms with Crippen molar-refractivity contribution in [2.45, 2.75) is 39.8 Å². The van der Waals surface area contributed by atoms with Crippen LogP contribution in [-0.4, -0.2) is 38.3 Å². The summed E-state index contributed by atoms with van der Waals surface area (Å²) in [6.45, 7) is 8.55. The van der Waals surface area contributed by atoms with Crippen LogP contribution in [0.1, 0.15) is 37.0 Å². The van der Waals surface area contributed by atoms with Crippen LogP contribution in [0.15, 0.2) is 0 Å². The SMILES string of the molecule is Cc1c(C(=O)O)nnn1CCOC(C)(C)C. The highest BCUT2D eigenvalue weighted by Gasteiger charge is 2.15. The second-order valence-electron chi connectivity index (χ2n) is 4.51. The van der Waals surface area contributed by atoms with Gasteiger partial charge < -0.3 is 9.84 Å². The van der Waals surface area contributed by atoms with Gasteiger partial charge in [0.05, 0.1) is 24.4 Å². The molecular weight excluding hydrogens is 210 g/mol. The third-order valence-electron chi connectivity index (χ3n) is 2.02. The van der Waals surface area contributed by atoms with Crippen LogP contribution in [0.3, 0.4) is 0 Å². The highest BCUT2D eigenvalue weighted by Crippen LogP contribution is 2.08. The van der Waals surface area contributed by atoms with E-state index in [4.69, 9.17) is 9.84 Å². The van der Waals surface area contributed by atoms with Crippen molar-refractivity contribution in [3.05, 3.63) is 11.4 Å². The summed E-state index contributed by atoms with van der Waals surface area (Å²) in [5, 5.41) is 16.1. The molecular formula is C10H17N3O3. The van der Waals surface area contributed by atoms with Gasteiger partial charge in [0.25, 0.3) is 0 Å². The monoisotopic (exact) mass is 227 g/mol. The molecule has 0 atom stereocenters. The molecule has 16 heavy (non-hydrogen) atoms. The molecule has 0 spiro atoms. The van der Waals surface area contributed by atoms with Crippen molar-refractivity contribution in [1.82, 2.24) is 15.0 Å². The minimum Gasteiger partial charge on any atom is -0.476 e. The van der Waals surface area contributed by atoms with Crippen molar-refractivity contribution < 1.29 is 14.6 Å². The molecule has 0 unspecified atom stereocenters. The standard InChI is InChI=1S/C10H17N3O3/c1-7-8(9(14)15)11-12-13(7)5-6-16-10(2,3)4/h5-6H2,1-4H3,(H,14,15). The second kappa shape index (κ2) is 4.61. The van der Waals surface area contributed by atoms with Crippen molar-refractivity contribution in [3.63, 3.8) is 0 Å². The molecule has 6 nitrogen and oxygen atoms in total. The van der Waals surface area contributed by atoms with E-state index in [0.29, 0.717) is 18.8 Å². The molecule has 1 N–H and O–H groups in total. The van der Waals surface area contributed by atoms with E-state index in [1.54, 1.807) is 6.92 Å². The number of hydrogen-bond donors (Lipinski definition) is 1. The van der Waals surface area contributed by atoms with Gasteiger partial charge in [-0.05, 0) is 27.7 Å². The molecule has 0 amide bonds. The number of carboxylic acid groups (broad SMARTS) is 1. The Kier molecular flexibility index (Phi) is 3.64. The highest BCUT2D eigenvalue weighted by molar-refractivity contribution is 5.86. The third kappa shape index (κ3) is 3.30. The molecule has 6 heteroatoms. The van der Waals surface area contributed by atoms with E-state index < -0.39 is 5.97 Å². The molecule has 0 saturated carbocycles. The van der Waals surface area contributed by atoms with Gasteiger partial charge in [0.1, 0.15) is 0 Å². The van der Waals surface area contributed by atoms with Crippen molar-refractivity contribution in [1.29, 1.82) is 0 Å². The number of aromatic nitrogens is 3. The Labute approximate surface area is 94.2 Å². The maximum Gasteiger partial charge on any atom is 0.358 e. The maximum atomic E-state index is 10.7. The van der Waals surface area contributed by atoms with E-state index in [1.807, 2.05) is 20.8 Å². The number of ether oxygens (including phenoxy) is 1. The van der Waals surface area contributed by atoms with E-state index in [9.17, 15) is 4.79 Å². The van der Waals surface area contributed by atoms with E-state index in [-0.39, 0.29) is 11.3 Å². The average molecular weight is 227 g/mol. The van der Waals surface area contributed by atoms with E-state index in [0.717, 1.165) is 0 Å². The zero-order chi connectivity index (χ0) is 12.3. The first-order valence-corrected chi connectivity index (χ1v) is 5.08. The number of carboxylic acids is 1. The van der Waals surface area contributed by atoms with Crippen LogP contribution in [0, 0.1) is 6.92 Å². The van der Waals surface area contributed by atoms with Crippen molar-refractivity contribution in [2.24, 2.45) is 0 Å². The zero-order valence-electron chi connectivity index (χ0n) is 10.0. The highest BCUT2D eigenvalue weighted by atomic mass is 16.5. The van der Waals surface area contributed by atoms with Crippen molar-refractivity contribution >= 4 is 5.97 Å². The Morgan fingerprint density at radius 3 is 2.56 bits per heavy atom. The van der Waals surface area contributed by atoms with E-state index >= 15 is 0 Å². The molecule has 1 heterocycles. The number of aromatic carboxylic acids is 1. The molecule has 90 valence electrons. The Morgan fingerprint density at radius 2 is 2.12 bits per heavy atom. The van der Waals surface area contributed by atoms with Crippen molar-refractivity contribution in [2.75, 3.05) is 6.61 Å². The van der Waals surface area contributed by atoms with E-state index in [1.165, 1.54) is 4.68 Å². The molecule has 1 aromatic rings. The number of hydrogen-bond acceptors (Lipinski definition) is 4. The van der Waals surface area contributed by atoms with Crippen LogP contribution >= 0.6 is 0 Å². The first-order chi connectivity index (χ1) is 7.31. The fraction of sp³-hybridized carbons (Fsp3) is 0.700. The molecule has 0 bridgehead atoms. The van der Waals surface area contributed by atoms with Crippen LogP contribution < -0.4 is 0 Å². The van der Waals surface area contributed by atoms with Gasteiger partial charge in [-0.1, -0.05) is 5.21 Å². The molecule has 0 aliphatic carbocycles. The molecule has 0 fully saturated rings. The Bertz CT molecular complexity index is 379. The molecule has 0 saturated heterocycles. The Hall–Kier alpha value is -1.43. The van der Waals surface area contributed by atoms with Gasteiger partial charge in [-0.25, -0.2) is 9.48 Å². The smallest absolute Gasteiger partial charge is 0.358 e. The van der Waals surface area contributed by atoms with Gasteiger partial charge in [0, 0.05) is 0 Å². The van der Waals surface area contributed by atoms with Crippen LogP contribution in [-0.2, 0) is 11.3 Å². The van der Waals surface area contributed by atoms with Crippen LogP contribution in [0.2, 0.25) is 0 Å². The second-order valence-corrected chi connectivity index (χ2v) is 4.51. The normalized spacial score (nSPS) is 11.8.